The predicted octanol–water partition coefficient (Wildman–Crippen LogP) is -0.600. The minimum atomic E-state index is -4.94. The first-order valence-electron chi connectivity index (χ1n) is 5.77. The van der Waals surface area contributed by atoms with Crippen LogP contribution in [0.1, 0.15) is 53.1 Å². The molecule has 0 aliphatic carbocycles. The average molecular weight is 293 g/mol. The summed E-state index contributed by atoms with van der Waals surface area (Å²) in [5.41, 5.74) is 0.169. The first-order valence-corrected chi connectivity index (χ1v) is 7.00. The van der Waals surface area contributed by atoms with Crippen LogP contribution >= 0.6 is 0 Å². The zero-order chi connectivity index (χ0) is 15.5. The minimum Gasteiger partial charge on any atom is -0.222 e. The molecule has 0 spiro atoms. The van der Waals surface area contributed by atoms with E-state index in [9.17, 15) is 0 Å². The molecule has 1 aromatic rings. The van der Waals surface area contributed by atoms with Gasteiger partial charge < -0.3 is 0 Å². The van der Waals surface area contributed by atoms with E-state index in [0.717, 1.165) is 11.5 Å². The van der Waals surface area contributed by atoms with Crippen molar-refractivity contribution in [2.75, 3.05) is 0 Å². The van der Waals surface area contributed by atoms with E-state index < -0.39 is 10.2 Å². The minimum absolute atomic E-state index is 0.0846. The summed E-state index contributed by atoms with van der Waals surface area (Å²) in [6.07, 6.45) is 0. The van der Waals surface area contributed by atoms with Crippen molar-refractivity contribution in [2.45, 2.75) is 52.4 Å². The molecule has 0 radical (unpaired) electrons. The van der Waals surface area contributed by atoms with Gasteiger partial charge in [-0.3, -0.25) is 0 Å². The van der Waals surface area contributed by atoms with Crippen molar-refractivity contribution < 1.29 is 33.3 Å². The Balaban J connectivity index is 0.000000555. The molecule has 0 aliphatic rings. The van der Waals surface area contributed by atoms with Crippen LogP contribution in [-0.4, -0.2) is 0 Å². The zero-order valence-electron chi connectivity index (χ0n) is 12.2. The molecule has 6 heteroatoms. The molecular weight excluding hydrogens is 272 g/mol. The van der Waals surface area contributed by atoms with Gasteiger partial charge in [-0.05, 0) is 47.6 Å². The fraction of sp³-hybridized carbons (Fsp3) is 0.615. The van der Waals surface area contributed by atoms with Gasteiger partial charge in [-0.2, -0.15) is 0 Å². The predicted molar refractivity (Wildman–Crippen MR) is 60.5 cm³/mol. The van der Waals surface area contributed by atoms with Crippen LogP contribution in [0.5, 0.6) is 0 Å². The molecule has 0 N–H and O–H groups in total. The normalized spacial score (nSPS) is 12.7. The van der Waals surface area contributed by atoms with Gasteiger partial charge in [-0.15, -0.1) is 10.2 Å². The Bertz CT molecular complexity index is 363. The van der Waals surface area contributed by atoms with Gasteiger partial charge in [0.05, 0.1) is 10.8 Å². The van der Waals surface area contributed by atoms with E-state index in [1.165, 1.54) is 0 Å². The Morgan fingerprint density at radius 3 is 1.26 bits per heavy atom. The van der Waals surface area contributed by atoms with E-state index in [1.807, 2.05) is 0 Å². The highest BCUT2D eigenvalue weighted by Crippen LogP contribution is 2.28. The number of hydrogen-bond donors (Lipinski definition) is 0. The van der Waals surface area contributed by atoms with Crippen molar-refractivity contribution >= 4 is 0 Å². The van der Waals surface area contributed by atoms with Gasteiger partial charge in [0.1, 0.15) is 0 Å². The fourth-order valence-electron chi connectivity index (χ4n) is 1.22. The van der Waals surface area contributed by atoms with Gasteiger partial charge in [-0.25, -0.2) is 23.1 Å². The lowest BCUT2D eigenvalue weighted by atomic mass is 9.90. The Hall–Kier alpha value is -0.720. The van der Waals surface area contributed by atoms with Crippen molar-refractivity contribution in [3.05, 3.63) is 29.7 Å². The molecule has 5 nitrogen and oxygen atoms in total. The van der Waals surface area contributed by atoms with Crippen LogP contribution < -0.4 is 18.6 Å². The van der Waals surface area contributed by atoms with Crippen molar-refractivity contribution in [3.8, 4) is 0 Å². The molecular formula is C13H21ClO5. The van der Waals surface area contributed by atoms with Crippen LogP contribution in [0.25, 0.3) is 0 Å². The summed E-state index contributed by atoms with van der Waals surface area (Å²) in [6, 6.07) is 6.18. The summed E-state index contributed by atoms with van der Waals surface area (Å²) in [5.74, 6) is 2.09. The van der Waals surface area contributed by atoms with Gasteiger partial charge >= 0.3 is 11.5 Å². The van der Waals surface area contributed by atoms with Crippen molar-refractivity contribution in [1.29, 1.82) is 0 Å². The van der Waals surface area contributed by atoms with Gasteiger partial charge in [0, 0.05) is 12.1 Å². The molecule has 110 valence electrons. The molecule has 0 saturated heterocycles. The second-order valence-electron chi connectivity index (χ2n) is 6.23. The first-order chi connectivity index (χ1) is 8.21. The summed E-state index contributed by atoms with van der Waals surface area (Å²) in [7, 11) is -4.94. The van der Waals surface area contributed by atoms with Crippen molar-refractivity contribution in [2.24, 2.45) is 0 Å². The van der Waals surface area contributed by atoms with E-state index in [1.54, 1.807) is 0 Å². The highest BCUT2D eigenvalue weighted by molar-refractivity contribution is 5.16. The van der Waals surface area contributed by atoms with Crippen molar-refractivity contribution in [1.82, 2.24) is 0 Å². The largest absolute Gasteiger partial charge is 0.334 e. The maximum Gasteiger partial charge on any atom is 0.334 e. The standard InChI is InChI=1S/C13H21O.ClHO4/c1-12(2,3)10-8-7-9-11(14-10)13(4,5)6;2-1(3,4)5/h7-9H,1-6H3;(H,2,3,4,5)/q+1;/p-1. The second kappa shape index (κ2) is 6.15. The second-order valence-corrected chi connectivity index (χ2v) is 6.99. The van der Waals surface area contributed by atoms with Crippen LogP contribution in [0.4, 0.5) is 0 Å². The lowest BCUT2D eigenvalue weighted by Gasteiger charge is -2.17. The quantitative estimate of drug-likeness (QED) is 0.594. The van der Waals surface area contributed by atoms with Crippen LogP contribution in [0, 0.1) is 10.2 Å². The van der Waals surface area contributed by atoms with Crippen LogP contribution in [0.15, 0.2) is 22.6 Å². The molecule has 0 saturated carbocycles. The Kier molecular flexibility index (Phi) is 5.92. The lowest BCUT2D eigenvalue weighted by molar-refractivity contribution is -2.00. The third kappa shape index (κ3) is 8.91. The number of hydrogen-bond acceptors (Lipinski definition) is 4. The lowest BCUT2D eigenvalue weighted by Crippen LogP contribution is -2.68. The van der Waals surface area contributed by atoms with Crippen molar-refractivity contribution in [3.63, 3.8) is 0 Å². The summed E-state index contributed by atoms with van der Waals surface area (Å²) < 4.78 is 39.9. The van der Waals surface area contributed by atoms with E-state index in [2.05, 4.69) is 59.7 Å². The first kappa shape index (κ1) is 18.3. The highest BCUT2D eigenvalue weighted by Gasteiger charge is 2.31. The van der Waals surface area contributed by atoms with E-state index in [4.69, 9.17) is 23.1 Å². The summed E-state index contributed by atoms with van der Waals surface area (Å²) in [4.78, 5) is 0. The third-order valence-electron chi connectivity index (χ3n) is 2.19. The molecule has 1 rings (SSSR count). The van der Waals surface area contributed by atoms with E-state index in [-0.39, 0.29) is 10.8 Å². The summed E-state index contributed by atoms with van der Waals surface area (Å²) in [5, 5.41) is 0. The van der Waals surface area contributed by atoms with Crippen LogP contribution in [-0.2, 0) is 10.8 Å². The number of rotatable bonds is 0. The highest BCUT2D eigenvalue weighted by atomic mass is 35.7. The molecule has 0 fully saturated rings. The smallest absolute Gasteiger partial charge is 0.222 e. The topological polar surface area (TPSA) is 104 Å². The molecule has 0 unspecified atom stereocenters. The Morgan fingerprint density at radius 1 is 0.789 bits per heavy atom. The average Bonchev–Trinajstić information content (AvgIpc) is 2.12. The van der Waals surface area contributed by atoms with Crippen LogP contribution in [0.3, 0.4) is 0 Å². The molecule has 1 aromatic heterocycles. The fourth-order valence-corrected chi connectivity index (χ4v) is 1.22. The molecule has 1 heterocycles. The maximum atomic E-state index is 8.49. The molecule has 0 aliphatic heterocycles. The van der Waals surface area contributed by atoms with Gasteiger partial charge in [0.15, 0.2) is 0 Å². The molecule has 0 bridgehead atoms. The summed E-state index contributed by atoms with van der Waals surface area (Å²) in [6.45, 7) is 13.0. The van der Waals surface area contributed by atoms with Crippen LogP contribution in [0.2, 0.25) is 0 Å². The Labute approximate surface area is 116 Å². The Morgan fingerprint density at radius 2 is 1.05 bits per heavy atom. The SMILES string of the molecule is CC(C)(C)c1cccc(C(C)(C)C)[o+]1.[O-][Cl+3]([O-])([O-])[O-]. The molecule has 19 heavy (non-hydrogen) atoms. The molecule has 0 aromatic carbocycles. The van der Waals surface area contributed by atoms with E-state index >= 15 is 0 Å². The molecule has 0 amide bonds. The maximum absolute atomic E-state index is 8.49. The summed E-state index contributed by atoms with van der Waals surface area (Å²) >= 11 is 0. The third-order valence-corrected chi connectivity index (χ3v) is 2.19. The van der Waals surface area contributed by atoms with E-state index in [0.29, 0.717) is 0 Å². The zero-order valence-corrected chi connectivity index (χ0v) is 12.9. The van der Waals surface area contributed by atoms with Gasteiger partial charge in [0.2, 0.25) is 0 Å². The number of halogens is 1. The monoisotopic (exact) mass is 292 g/mol. The van der Waals surface area contributed by atoms with Gasteiger partial charge in [0.25, 0.3) is 0 Å². The van der Waals surface area contributed by atoms with Gasteiger partial charge in [-0.1, -0.05) is 0 Å². The molecule has 0 atom stereocenters.